The largest absolute Gasteiger partial charge is 0.454 e. The van der Waals surface area contributed by atoms with E-state index in [0.717, 1.165) is 10.9 Å². The molecule has 0 aliphatic carbocycles. The molecule has 6 heteroatoms. The summed E-state index contributed by atoms with van der Waals surface area (Å²) in [6.45, 7) is 0.0765. The van der Waals surface area contributed by atoms with Gasteiger partial charge < -0.3 is 9.30 Å². The number of pyridine rings is 1. The minimum atomic E-state index is -0.403. The lowest BCUT2D eigenvalue weighted by atomic mass is 10.1. The fraction of sp³-hybridized carbons (Fsp3) is 0.133. The van der Waals surface area contributed by atoms with Gasteiger partial charge in [0.2, 0.25) is 0 Å². The zero-order chi connectivity index (χ0) is 14.8. The van der Waals surface area contributed by atoms with Crippen molar-refractivity contribution in [2.45, 2.75) is 6.61 Å². The first-order valence-corrected chi connectivity index (χ1v) is 6.71. The Hall–Kier alpha value is -2.40. The van der Waals surface area contributed by atoms with Crippen LogP contribution in [-0.4, -0.2) is 20.5 Å². The number of aromatic nitrogens is 3. The lowest BCUT2D eigenvalue weighted by Crippen LogP contribution is -2.08. The number of hydrogen-bond donors (Lipinski definition) is 0. The molecule has 2 heterocycles. The molecule has 0 fully saturated rings. The molecule has 0 unspecified atom stereocenters. The van der Waals surface area contributed by atoms with Gasteiger partial charge in [0.15, 0.2) is 0 Å². The van der Waals surface area contributed by atoms with Crippen LogP contribution in [0.2, 0.25) is 5.15 Å². The number of halogens is 1. The quantitative estimate of drug-likeness (QED) is 0.698. The Morgan fingerprint density at radius 2 is 2.19 bits per heavy atom. The van der Waals surface area contributed by atoms with Gasteiger partial charge in [-0.25, -0.2) is 9.78 Å². The van der Waals surface area contributed by atoms with Crippen LogP contribution in [0.15, 0.2) is 42.7 Å². The van der Waals surface area contributed by atoms with Crippen molar-refractivity contribution in [1.29, 1.82) is 0 Å². The van der Waals surface area contributed by atoms with E-state index in [0.29, 0.717) is 16.5 Å². The molecule has 0 aliphatic heterocycles. The van der Waals surface area contributed by atoms with Crippen LogP contribution in [0.4, 0.5) is 0 Å². The highest BCUT2D eigenvalue weighted by Crippen LogP contribution is 2.15. The first-order valence-electron chi connectivity index (χ1n) is 6.33. The minimum absolute atomic E-state index is 0.0765. The number of nitrogens with zero attached hydrogens (tertiary/aromatic N) is 3. The van der Waals surface area contributed by atoms with Crippen LogP contribution >= 0.6 is 11.6 Å². The van der Waals surface area contributed by atoms with E-state index >= 15 is 0 Å². The van der Waals surface area contributed by atoms with Gasteiger partial charge >= 0.3 is 5.97 Å². The van der Waals surface area contributed by atoms with Crippen molar-refractivity contribution in [3.8, 4) is 0 Å². The Bertz CT molecular complexity index is 814. The van der Waals surface area contributed by atoms with Crippen LogP contribution in [0.3, 0.4) is 0 Å². The molecular formula is C15H12ClN3O2. The highest BCUT2D eigenvalue weighted by atomic mass is 35.5. The molecular weight excluding hydrogens is 290 g/mol. The predicted molar refractivity (Wildman–Crippen MR) is 79.1 cm³/mol. The summed E-state index contributed by atoms with van der Waals surface area (Å²) in [4.78, 5) is 20.4. The highest BCUT2D eigenvalue weighted by molar-refractivity contribution is 6.29. The number of fused-ring (bicyclic) bond motifs is 1. The molecule has 0 aliphatic rings. The third-order valence-electron chi connectivity index (χ3n) is 3.20. The summed E-state index contributed by atoms with van der Waals surface area (Å²) in [5, 5.41) is 1.39. The molecule has 0 radical (unpaired) electrons. The molecule has 0 amide bonds. The van der Waals surface area contributed by atoms with E-state index in [1.165, 1.54) is 6.20 Å². The summed E-state index contributed by atoms with van der Waals surface area (Å²) in [6, 6.07) is 8.98. The summed E-state index contributed by atoms with van der Waals surface area (Å²) in [7, 11) is 1.76. The van der Waals surface area contributed by atoms with Crippen molar-refractivity contribution in [3.05, 3.63) is 59.3 Å². The molecule has 0 atom stereocenters. The average Bonchev–Trinajstić information content (AvgIpc) is 2.84. The first kappa shape index (κ1) is 13.6. The second-order valence-corrected chi connectivity index (χ2v) is 4.93. The van der Waals surface area contributed by atoms with Crippen LogP contribution < -0.4 is 0 Å². The van der Waals surface area contributed by atoms with Gasteiger partial charge in [-0.2, -0.15) is 0 Å². The van der Waals surface area contributed by atoms with Crippen LogP contribution in [0.25, 0.3) is 10.9 Å². The van der Waals surface area contributed by atoms with E-state index in [-0.39, 0.29) is 6.61 Å². The molecule has 5 nitrogen and oxygen atoms in total. The van der Waals surface area contributed by atoms with Crippen LogP contribution in [-0.2, 0) is 18.4 Å². The van der Waals surface area contributed by atoms with E-state index in [2.05, 4.69) is 9.97 Å². The Balaban J connectivity index is 1.76. The SMILES string of the molecule is Cn1c(Cl)cnc1COC(=O)c1ccc2ncccc2c1. The summed E-state index contributed by atoms with van der Waals surface area (Å²) in [5.41, 5.74) is 1.32. The first-order chi connectivity index (χ1) is 10.1. The lowest BCUT2D eigenvalue weighted by Gasteiger charge is -2.06. The molecule has 0 bridgehead atoms. The number of rotatable bonds is 3. The molecule has 0 spiro atoms. The molecule has 21 heavy (non-hydrogen) atoms. The van der Waals surface area contributed by atoms with Gasteiger partial charge in [-0.05, 0) is 24.3 Å². The molecule has 0 N–H and O–H groups in total. The van der Waals surface area contributed by atoms with Gasteiger partial charge in [-0.3, -0.25) is 4.98 Å². The normalized spacial score (nSPS) is 10.8. The van der Waals surface area contributed by atoms with E-state index in [1.807, 2.05) is 12.1 Å². The van der Waals surface area contributed by atoms with E-state index in [1.54, 1.807) is 36.0 Å². The van der Waals surface area contributed by atoms with E-state index in [4.69, 9.17) is 16.3 Å². The number of imidazole rings is 1. The maximum Gasteiger partial charge on any atom is 0.338 e. The Morgan fingerprint density at radius 3 is 2.95 bits per heavy atom. The monoisotopic (exact) mass is 301 g/mol. The third-order valence-corrected chi connectivity index (χ3v) is 3.55. The minimum Gasteiger partial charge on any atom is -0.454 e. The third kappa shape index (κ3) is 2.73. The lowest BCUT2D eigenvalue weighted by molar-refractivity contribution is 0.0459. The second kappa shape index (κ2) is 5.54. The topological polar surface area (TPSA) is 57.0 Å². The van der Waals surface area contributed by atoms with Gasteiger partial charge in [0.25, 0.3) is 0 Å². The molecule has 106 valence electrons. The summed E-state index contributed by atoms with van der Waals surface area (Å²) in [5.74, 6) is 0.190. The van der Waals surface area contributed by atoms with Crippen molar-refractivity contribution in [3.63, 3.8) is 0 Å². The van der Waals surface area contributed by atoms with E-state index < -0.39 is 5.97 Å². The van der Waals surface area contributed by atoms with Crippen molar-refractivity contribution in [2.24, 2.45) is 7.05 Å². The molecule has 2 aromatic heterocycles. The Morgan fingerprint density at radius 1 is 1.33 bits per heavy atom. The standard InChI is InChI=1S/C15H12ClN3O2/c1-19-13(16)8-18-14(19)9-21-15(20)11-4-5-12-10(7-11)3-2-6-17-12/h2-8H,9H2,1H3. The van der Waals surface area contributed by atoms with Crippen molar-refractivity contribution in [1.82, 2.24) is 14.5 Å². The van der Waals surface area contributed by atoms with Gasteiger partial charge in [0, 0.05) is 18.6 Å². The predicted octanol–water partition coefficient (Wildman–Crippen LogP) is 2.98. The second-order valence-electron chi connectivity index (χ2n) is 4.54. The van der Waals surface area contributed by atoms with Crippen LogP contribution in [0, 0.1) is 0 Å². The number of carbonyl (C=O) groups is 1. The van der Waals surface area contributed by atoms with Crippen LogP contribution in [0.5, 0.6) is 0 Å². The van der Waals surface area contributed by atoms with Gasteiger partial charge in [-0.15, -0.1) is 0 Å². The molecule has 0 saturated heterocycles. The Labute approximate surface area is 126 Å². The molecule has 0 saturated carbocycles. The number of carbonyl (C=O) groups excluding carboxylic acids is 1. The van der Waals surface area contributed by atoms with Crippen molar-refractivity contribution < 1.29 is 9.53 Å². The summed E-state index contributed by atoms with van der Waals surface area (Å²) in [6.07, 6.45) is 3.23. The average molecular weight is 302 g/mol. The molecule has 1 aromatic carbocycles. The number of hydrogen-bond acceptors (Lipinski definition) is 4. The van der Waals surface area contributed by atoms with Crippen molar-refractivity contribution in [2.75, 3.05) is 0 Å². The van der Waals surface area contributed by atoms with E-state index in [9.17, 15) is 4.79 Å². The number of esters is 1. The highest BCUT2D eigenvalue weighted by Gasteiger charge is 2.11. The number of ether oxygens (including phenoxy) is 1. The van der Waals surface area contributed by atoms with Gasteiger partial charge in [0.1, 0.15) is 17.6 Å². The fourth-order valence-corrected chi connectivity index (χ4v) is 2.12. The number of benzene rings is 1. The van der Waals surface area contributed by atoms with Crippen LogP contribution in [0.1, 0.15) is 16.2 Å². The Kier molecular flexibility index (Phi) is 3.58. The molecule has 3 aromatic rings. The maximum atomic E-state index is 12.1. The van der Waals surface area contributed by atoms with Gasteiger partial charge in [-0.1, -0.05) is 17.7 Å². The van der Waals surface area contributed by atoms with Crippen molar-refractivity contribution >= 4 is 28.5 Å². The summed E-state index contributed by atoms with van der Waals surface area (Å²) >= 11 is 5.88. The fourth-order valence-electron chi connectivity index (χ4n) is 1.97. The zero-order valence-electron chi connectivity index (χ0n) is 11.3. The summed E-state index contributed by atoms with van der Waals surface area (Å²) < 4.78 is 6.92. The smallest absolute Gasteiger partial charge is 0.338 e. The maximum absolute atomic E-state index is 12.1. The molecule has 3 rings (SSSR count). The van der Waals surface area contributed by atoms with Gasteiger partial charge in [0.05, 0.1) is 17.3 Å². The zero-order valence-corrected chi connectivity index (χ0v) is 12.0.